The van der Waals surface area contributed by atoms with E-state index in [1.807, 2.05) is 36.4 Å². The fraction of sp³-hybridized carbons (Fsp3) is 0.0370. The minimum Gasteiger partial charge on any atom is -0.340 e. The number of rotatable bonds is 2. The summed E-state index contributed by atoms with van der Waals surface area (Å²) < 4.78 is 17.8. The van der Waals surface area contributed by atoms with Gasteiger partial charge in [-0.25, -0.2) is 0 Å². The van der Waals surface area contributed by atoms with Gasteiger partial charge in [0.2, 0.25) is 11.4 Å². The normalized spacial score (nSPS) is 19.4. The minimum absolute atomic E-state index is 0.803. The number of hydrogen-bond donors (Lipinski definition) is 0. The molecule has 1 spiro atoms. The molecule has 4 nitrogen and oxygen atoms in total. The highest BCUT2D eigenvalue weighted by molar-refractivity contribution is 5.90. The molecule has 1 atom stereocenters. The van der Waals surface area contributed by atoms with Crippen molar-refractivity contribution in [2.24, 2.45) is 0 Å². The number of para-hydroxylation sites is 3. The molecule has 0 N–H and O–H groups in total. The first kappa shape index (κ1) is 16.6. The summed E-state index contributed by atoms with van der Waals surface area (Å²) in [6.07, 6.45) is 4.24. The van der Waals surface area contributed by atoms with E-state index in [-0.39, 0.29) is 0 Å². The first-order valence-corrected chi connectivity index (χ1v) is 10.4. The number of fused-ring (bicyclic) bond motifs is 2. The lowest BCUT2D eigenvalue weighted by molar-refractivity contribution is -0.855. The van der Waals surface area contributed by atoms with E-state index in [9.17, 15) is 0 Å². The lowest BCUT2D eigenvalue weighted by Crippen LogP contribution is -2.62. The van der Waals surface area contributed by atoms with Crippen molar-refractivity contribution in [3.63, 3.8) is 0 Å². The third-order valence-corrected chi connectivity index (χ3v) is 6.06. The van der Waals surface area contributed by atoms with Crippen LogP contribution in [0.15, 0.2) is 97.1 Å². The predicted molar refractivity (Wildman–Crippen MR) is 119 cm³/mol. The molecule has 0 aromatic heterocycles. The Labute approximate surface area is 179 Å². The number of nitrogens with zero attached hydrogens (tertiary/aromatic N) is 2. The highest BCUT2D eigenvalue weighted by Crippen LogP contribution is 2.47. The van der Waals surface area contributed by atoms with E-state index in [2.05, 4.69) is 82.2 Å². The van der Waals surface area contributed by atoms with E-state index in [1.54, 1.807) is 0 Å². The van der Waals surface area contributed by atoms with E-state index in [0.717, 1.165) is 45.1 Å². The Morgan fingerprint density at radius 2 is 1.26 bits per heavy atom. The lowest BCUT2D eigenvalue weighted by atomic mass is 9.98. The zero-order valence-corrected chi connectivity index (χ0v) is 16.6. The molecule has 4 aromatic rings. The SMILES string of the molecule is C1=[N+](c2ccccc2)C23Oc4cc(ccc41)-c1cccc(c1O2)C=[N+]3c1ccccc1. The van der Waals surface area contributed by atoms with Gasteiger partial charge in [-0.1, -0.05) is 63.7 Å². The molecular weight excluding hydrogens is 384 g/mol. The molecule has 3 aliphatic rings. The molecule has 0 amide bonds. The van der Waals surface area contributed by atoms with E-state index in [0.29, 0.717) is 0 Å². The molecule has 3 aliphatic heterocycles. The third-order valence-electron chi connectivity index (χ3n) is 6.06. The van der Waals surface area contributed by atoms with E-state index in [1.165, 1.54) is 0 Å². The van der Waals surface area contributed by atoms with Crippen LogP contribution in [0.2, 0.25) is 0 Å². The van der Waals surface area contributed by atoms with Crippen LogP contribution in [0.4, 0.5) is 11.4 Å². The zero-order valence-electron chi connectivity index (χ0n) is 16.6. The van der Waals surface area contributed by atoms with Gasteiger partial charge in [-0.05, 0) is 23.8 Å². The Morgan fingerprint density at radius 1 is 0.581 bits per heavy atom. The van der Waals surface area contributed by atoms with Crippen LogP contribution in [-0.4, -0.2) is 27.6 Å². The zero-order chi connectivity index (χ0) is 20.4. The quantitative estimate of drug-likeness (QED) is 0.426. The third kappa shape index (κ3) is 2.24. The maximum Gasteiger partial charge on any atom is 0.714 e. The Bertz CT molecular complexity index is 1420. The summed E-state index contributed by atoms with van der Waals surface area (Å²) in [5, 5.41) is 0. The molecule has 31 heavy (non-hydrogen) atoms. The van der Waals surface area contributed by atoms with Crippen molar-refractivity contribution in [1.82, 2.24) is 0 Å². The van der Waals surface area contributed by atoms with Crippen molar-refractivity contribution in [3.8, 4) is 22.6 Å². The van der Waals surface area contributed by atoms with Gasteiger partial charge in [-0.15, -0.1) is 0 Å². The van der Waals surface area contributed by atoms with Crippen LogP contribution in [0.5, 0.6) is 11.5 Å². The molecule has 4 aromatic carbocycles. The first-order chi connectivity index (χ1) is 15.3. The maximum absolute atomic E-state index is 6.86. The average molecular weight is 402 g/mol. The fourth-order valence-electron chi connectivity index (χ4n) is 4.60. The highest BCUT2D eigenvalue weighted by Gasteiger charge is 2.66. The number of ether oxygens (including phenoxy) is 2. The summed E-state index contributed by atoms with van der Waals surface area (Å²) in [5.74, 6) is 1.63. The van der Waals surface area contributed by atoms with Crippen LogP contribution in [0, 0.1) is 0 Å². The van der Waals surface area contributed by atoms with Crippen LogP contribution in [-0.2, 0) is 0 Å². The highest BCUT2D eigenvalue weighted by atomic mass is 16.7. The average Bonchev–Trinajstić information content (AvgIpc) is 2.83. The number of benzene rings is 4. The van der Waals surface area contributed by atoms with Gasteiger partial charge in [0.15, 0.2) is 23.9 Å². The molecule has 1 unspecified atom stereocenters. The second kappa shape index (κ2) is 5.92. The van der Waals surface area contributed by atoms with Crippen molar-refractivity contribution in [3.05, 3.63) is 108 Å². The van der Waals surface area contributed by atoms with E-state index < -0.39 is 6.03 Å². The van der Waals surface area contributed by atoms with Crippen molar-refractivity contribution >= 4 is 23.8 Å². The smallest absolute Gasteiger partial charge is 0.340 e. The van der Waals surface area contributed by atoms with Gasteiger partial charge in [0, 0.05) is 29.8 Å². The van der Waals surface area contributed by atoms with Gasteiger partial charge in [0.1, 0.15) is 0 Å². The van der Waals surface area contributed by atoms with Crippen LogP contribution >= 0.6 is 0 Å². The molecule has 7 rings (SSSR count). The summed E-state index contributed by atoms with van der Waals surface area (Å²) in [6, 6.07) is 31.8. The summed E-state index contributed by atoms with van der Waals surface area (Å²) in [7, 11) is 0. The largest absolute Gasteiger partial charge is 0.714 e. The minimum atomic E-state index is -1.22. The second-order valence-electron chi connectivity index (χ2n) is 7.90. The van der Waals surface area contributed by atoms with Gasteiger partial charge >= 0.3 is 6.03 Å². The predicted octanol–water partition coefficient (Wildman–Crippen LogP) is 5.29. The lowest BCUT2D eigenvalue weighted by Gasteiger charge is -2.33. The van der Waals surface area contributed by atoms with Crippen LogP contribution < -0.4 is 9.47 Å². The molecule has 0 saturated heterocycles. The second-order valence-corrected chi connectivity index (χ2v) is 7.90. The molecule has 4 heteroatoms. The Hall–Kier alpha value is -4.18. The Morgan fingerprint density at radius 3 is 1.97 bits per heavy atom. The molecule has 0 fully saturated rings. The molecule has 0 saturated carbocycles. The molecule has 0 radical (unpaired) electrons. The summed E-state index contributed by atoms with van der Waals surface area (Å²) in [5.41, 5.74) is 6.15. The van der Waals surface area contributed by atoms with Gasteiger partial charge in [0.05, 0.1) is 11.1 Å². The standard InChI is InChI=1S/C27H18N2O2/c1-3-9-22(10-4-1)28-17-20-15-14-19-16-25(20)30-27(28)29(23-11-5-2-6-12-23)18-21-8-7-13-24(19)26(21)31-27/h1-18H/q+2. The summed E-state index contributed by atoms with van der Waals surface area (Å²) >= 11 is 0. The van der Waals surface area contributed by atoms with Gasteiger partial charge in [-0.3, -0.25) is 0 Å². The summed E-state index contributed by atoms with van der Waals surface area (Å²) in [6.45, 7) is 0. The Kier molecular flexibility index (Phi) is 3.17. The molecule has 0 aliphatic carbocycles. The van der Waals surface area contributed by atoms with Crippen molar-refractivity contribution in [1.29, 1.82) is 0 Å². The van der Waals surface area contributed by atoms with Gasteiger partial charge in [-0.2, -0.15) is 0 Å². The van der Waals surface area contributed by atoms with Gasteiger partial charge in [0.25, 0.3) is 0 Å². The fourth-order valence-corrected chi connectivity index (χ4v) is 4.60. The molecule has 4 bridgehead atoms. The molecule has 146 valence electrons. The van der Waals surface area contributed by atoms with Gasteiger partial charge < -0.3 is 9.47 Å². The molecular formula is C27H18N2O2+2. The monoisotopic (exact) mass is 402 g/mol. The van der Waals surface area contributed by atoms with Crippen molar-refractivity contribution in [2.75, 3.05) is 0 Å². The topological polar surface area (TPSA) is 24.5 Å². The summed E-state index contributed by atoms with van der Waals surface area (Å²) in [4.78, 5) is 0. The van der Waals surface area contributed by atoms with Crippen LogP contribution in [0.1, 0.15) is 11.1 Å². The Balaban J connectivity index is 1.63. The van der Waals surface area contributed by atoms with Crippen molar-refractivity contribution in [2.45, 2.75) is 6.03 Å². The molecule has 3 heterocycles. The van der Waals surface area contributed by atoms with E-state index >= 15 is 0 Å². The maximum atomic E-state index is 6.86. The van der Waals surface area contributed by atoms with Crippen LogP contribution in [0.25, 0.3) is 11.1 Å². The van der Waals surface area contributed by atoms with Crippen LogP contribution in [0.3, 0.4) is 0 Å². The first-order valence-electron chi connectivity index (χ1n) is 10.4. The van der Waals surface area contributed by atoms with E-state index in [4.69, 9.17) is 9.47 Å². The van der Waals surface area contributed by atoms with Crippen molar-refractivity contribution < 1.29 is 18.6 Å². The number of hydrogen-bond acceptors (Lipinski definition) is 2.